The zero-order valence-corrected chi connectivity index (χ0v) is 12.7. The van der Waals surface area contributed by atoms with Crippen LogP contribution in [-0.2, 0) is 0 Å². The largest absolute Gasteiger partial charge is 0.496 e. The average molecular weight is 298 g/mol. The third-order valence-electron chi connectivity index (χ3n) is 3.62. The molecular formula is C18H16ClNO. The first-order valence-electron chi connectivity index (χ1n) is 6.72. The highest BCUT2D eigenvalue weighted by Gasteiger charge is 2.09. The first-order chi connectivity index (χ1) is 10.1. The minimum atomic E-state index is 0.698. The molecule has 0 aromatic heterocycles. The lowest BCUT2D eigenvalue weighted by molar-refractivity contribution is 0.420. The highest BCUT2D eigenvalue weighted by atomic mass is 35.5. The number of benzene rings is 3. The summed E-state index contributed by atoms with van der Waals surface area (Å²) in [6.45, 7) is 2.06. The van der Waals surface area contributed by atoms with E-state index in [4.69, 9.17) is 22.1 Å². The van der Waals surface area contributed by atoms with Crippen LogP contribution in [0, 0.1) is 6.92 Å². The van der Waals surface area contributed by atoms with Gasteiger partial charge in [0.15, 0.2) is 0 Å². The molecule has 21 heavy (non-hydrogen) atoms. The van der Waals surface area contributed by atoms with Gasteiger partial charge in [-0.2, -0.15) is 0 Å². The average Bonchev–Trinajstić information content (AvgIpc) is 2.48. The van der Waals surface area contributed by atoms with Gasteiger partial charge in [0.2, 0.25) is 0 Å². The summed E-state index contributed by atoms with van der Waals surface area (Å²) in [7, 11) is 1.67. The Morgan fingerprint density at radius 1 is 1.00 bits per heavy atom. The van der Waals surface area contributed by atoms with E-state index in [9.17, 15) is 0 Å². The zero-order chi connectivity index (χ0) is 15.0. The van der Waals surface area contributed by atoms with Gasteiger partial charge in [0.25, 0.3) is 0 Å². The van der Waals surface area contributed by atoms with Crippen molar-refractivity contribution in [2.24, 2.45) is 0 Å². The van der Waals surface area contributed by atoms with E-state index in [2.05, 4.69) is 19.1 Å². The van der Waals surface area contributed by atoms with E-state index in [-0.39, 0.29) is 0 Å². The summed E-state index contributed by atoms with van der Waals surface area (Å²) < 4.78 is 5.52. The fourth-order valence-electron chi connectivity index (χ4n) is 2.54. The van der Waals surface area contributed by atoms with Crippen LogP contribution in [-0.4, -0.2) is 7.11 Å². The number of rotatable bonds is 2. The van der Waals surface area contributed by atoms with Crippen LogP contribution in [0.25, 0.3) is 21.9 Å². The zero-order valence-electron chi connectivity index (χ0n) is 12.0. The quantitative estimate of drug-likeness (QED) is 0.671. The van der Waals surface area contributed by atoms with Crippen molar-refractivity contribution in [1.82, 2.24) is 0 Å². The van der Waals surface area contributed by atoms with E-state index >= 15 is 0 Å². The van der Waals surface area contributed by atoms with Crippen LogP contribution in [0.2, 0.25) is 5.02 Å². The number of aryl methyl sites for hydroxylation is 1. The normalized spacial score (nSPS) is 10.8. The predicted octanol–water partition coefficient (Wildman–Crippen LogP) is 5.06. The van der Waals surface area contributed by atoms with Crippen LogP contribution in [0.5, 0.6) is 5.75 Å². The third-order valence-corrected chi connectivity index (χ3v) is 3.85. The van der Waals surface area contributed by atoms with Crippen LogP contribution in [0.4, 0.5) is 5.69 Å². The fraction of sp³-hybridized carbons (Fsp3) is 0.111. The monoisotopic (exact) mass is 297 g/mol. The SMILES string of the molecule is COc1cc(-c2cc(C)ccc2N)cc2ccc(Cl)cc12. The van der Waals surface area contributed by atoms with Gasteiger partial charge in [-0.1, -0.05) is 29.3 Å². The van der Waals surface area contributed by atoms with Crippen LogP contribution in [0.15, 0.2) is 48.5 Å². The van der Waals surface area contributed by atoms with E-state index < -0.39 is 0 Å². The maximum atomic E-state index is 6.12. The molecule has 2 N–H and O–H groups in total. The molecule has 0 heterocycles. The predicted molar refractivity (Wildman–Crippen MR) is 90.1 cm³/mol. The standard InChI is InChI=1S/C18H16ClNO/c1-11-3-6-17(20)15(7-11)13-8-12-4-5-14(19)10-16(12)18(9-13)21-2/h3-10H,20H2,1-2H3. The smallest absolute Gasteiger partial charge is 0.127 e. The molecule has 0 saturated carbocycles. The van der Waals surface area contributed by atoms with Gasteiger partial charge in [-0.25, -0.2) is 0 Å². The second-order valence-corrected chi connectivity index (χ2v) is 5.57. The first-order valence-corrected chi connectivity index (χ1v) is 7.10. The highest BCUT2D eigenvalue weighted by molar-refractivity contribution is 6.31. The van der Waals surface area contributed by atoms with Crippen LogP contribution in [0.3, 0.4) is 0 Å². The lowest BCUT2D eigenvalue weighted by Gasteiger charge is -2.12. The molecule has 0 aliphatic carbocycles. The Morgan fingerprint density at radius 3 is 2.57 bits per heavy atom. The molecule has 3 heteroatoms. The Kier molecular flexibility index (Phi) is 3.48. The second-order valence-electron chi connectivity index (χ2n) is 5.13. The molecule has 0 aliphatic heterocycles. The molecule has 0 atom stereocenters. The number of nitrogens with two attached hydrogens (primary N) is 1. The van der Waals surface area contributed by atoms with Crippen LogP contribution >= 0.6 is 11.6 Å². The number of ether oxygens (including phenoxy) is 1. The Labute approximate surface area is 129 Å². The van der Waals surface area contributed by atoms with Crippen molar-refractivity contribution in [2.75, 3.05) is 12.8 Å². The van der Waals surface area contributed by atoms with Gasteiger partial charge in [0.05, 0.1) is 7.11 Å². The number of fused-ring (bicyclic) bond motifs is 1. The van der Waals surface area contributed by atoms with E-state index in [1.165, 1.54) is 5.56 Å². The Bertz CT molecular complexity index is 827. The van der Waals surface area contributed by atoms with Gasteiger partial charge in [-0.05, 0) is 54.3 Å². The van der Waals surface area contributed by atoms with Gasteiger partial charge in [-0.3, -0.25) is 0 Å². The molecule has 0 unspecified atom stereocenters. The number of methoxy groups -OCH3 is 1. The van der Waals surface area contributed by atoms with Crippen molar-refractivity contribution in [1.29, 1.82) is 0 Å². The molecule has 3 aromatic carbocycles. The molecule has 0 amide bonds. The molecule has 0 fully saturated rings. The van der Waals surface area contributed by atoms with Gasteiger partial charge < -0.3 is 10.5 Å². The van der Waals surface area contributed by atoms with Gasteiger partial charge >= 0.3 is 0 Å². The van der Waals surface area contributed by atoms with E-state index in [0.717, 1.165) is 33.3 Å². The van der Waals surface area contributed by atoms with Crippen LogP contribution < -0.4 is 10.5 Å². The topological polar surface area (TPSA) is 35.2 Å². The maximum Gasteiger partial charge on any atom is 0.127 e. The first kappa shape index (κ1) is 13.8. The number of hydrogen-bond acceptors (Lipinski definition) is 2. The molecule has 0 radical (unpaired) electrons. The lowest BCUT2D eigenvalue weighted by atomic mass is 9.98. The Morgan fingerprint density at radius 2 is 1.81 bits per heavy atom. The molecule has 0 bridgehead atoms. The van der Waals surface area contributed by atoms with Crippen molar-refractivity contribution in [3.63, 3.8) is 0 Å². The van der Waals surface area contributed by atoms with Crippen LogP contribution in [0.1, 0.15) is 5.56 Å². The molecule has 106 valence electrons. The number of anilines is 1. The second kappa shape index (κ2) is 5.30. The summed E-state index contributed by atoms with van der Waals surface area (Å²) in [5, 5.41) is 2.78. The third kappa shape index (κ3) is 2.55. The van der Waals surface area contributed by atoms with Crippen molar-refractivity contribution < 1.29 is 4.74 Å². The molecule has 0 saturated heterocycles. The van der Waals surface area contributed by atoms with Gasteiger partial charge in [0, 0.05) is 21.7 Å². The fourth-order valence-corrected chi connectivity index (χ4v) is 2.71. The van der Waals surface area contributed by atoms with Gasteiger partial charge in [0.1, 0.15) is 5.75 Å². The minimum absolute atomic E-state index is 0.698. The molecule has 3 aromatic rings. The van der Waals surface area contributed by atoms with E-state index in [1.54, 1.807) is 7.11 Å². The molecule has 2 nitrogen and oxygen atoms in total. The summed E-state index contributed by atoms with van der Waals surface area (Å²) >= 11 is 6.07. The molecular weight excluding hydrogens is 282 g/mol. The summed E-state index contributed by atoms with van der Waals surface area (Å²) in [6, 6.07) is 15.9. The summed E-state index contributed by atoms with van der Waals surface area (Å²) in [5.41, 5.74) is 10.1. The van der Waals surface area contributed by atoms with Crippen molar-refractivity contribution in [3.8, 4) is 16.9 Å². The number of nitrogen functional groups attached to an aromatic ring is 1. The number of halogens is 1. The minimum Gasteiger partial charge on any atom is -0.496 e. The molecule has 0 aliphatic rings. The van der Waals surface area contributed by atoms with E-state index in [1.807, 2.05) is 36.4 Å². The molecule has 3 rings (SSSR count). The van der Waals surface area contributed by atoms with E-state index in [0.29, 0.717) is 5.02 Å². The summed E-state index contributed by atoms with van der Waals surface area (Å²) in [4.78, 5) is 0. The summed E-state index contributed by atoms with van der Waals surface area (Å²) in [6.07, 6.45) is 0. The Balaban J connectivity index is 2.29. The van der Waals surface area contributed by atoms with Crippen molar-refractivity contribution in [3.05, 3.63) is 59.1 Å². The number of hydrogen-bond donors (Lipinski definition) is 1. The maximum absolute atomic E-state index is 6.12. The summed E-state index contributed by atoms with van der Waals surface area (Å²) in [5.74, 6) is 0.797. The lowest BCUT2D eigenvalue weighted by Crippen LogP contribution is -1.92. The molecule has 0 spiro atoms. The van der Waals surface area contributed by atoms with Crippen molar-refractivity contribution >= 4 is 28.1 Å². The Hall–Kier alpha value is -2.19. The highest BCUT2D eigenvalue weighted by Crippen LogP contribution is 2.36. The van der Waals surface area contributed by atoms with Crippen molar-refractivity contribution in [2.45, 2.75) is 6.92 Å². The van der Waals surface area contributed by atoms with Gasteiger partial charge in [-0.15, -0.1) is 0 Å².